The zero-order chi connectivity index (χ0) is 18.5. The summed E-state index contributed by atoms with van der Waals surface area (Å²) < 4.78 is 29.9. The van der Waals surface area contributed by atoms with Gasteiger partial charge in [-0.05, 0) is 26.7 Å². The van der Waals surface area contributed by atoms with Crippen LogP contribution < -0.4 is 0 Å². The molecule has 0 aromatic carbocycles. The summed E-state index contributed by atoms with van der Waals surface area (Å²) in [4.78, 5) is 11.6. The van der Waals surface area contributed by atoms with Gasteiger partial charge in [0.1, 0.15) is 24.4 Å². The van der Waals surface area contributed by atoms with Crippen molar-refractivity contribution < 1.29 is 33.6 Å². The smallest absolute Gasteiger partial charge is 0.302 e. The minimum absolute atomic E-state index is 0.204. The number of aliphatic hydroxyl groups is 1. The maximum atomic E-state index is 11.6. The third-order valence-electron chi connectivity index (χ3n) is 7.51. The molecule has 0 aromatic rings. The van der Waals surface area contributed by atoms with Gasteiger partial charge >= 0.3 is 5.97 Å². The number of hydrogen-bond donors (Lipinski definition) is 1. The van der Waals surface area contributed by atoms with Crippen molar-refractivity contribution in [1.29, 1.82) is 0 Å². The molecule has 5 aliphatic rings. The van der Waals surface area contributed by atoms with Gasteiger partial charge in [0.25, 0.3) is 0 Å². The van der Waals surface area contributed by atoms with Crippen molar-refractivity contribution in [1.82, 2.24) is 0 Å². The van der Waals surface area contributed by atoms with Crippen molar-refractivity contribution in [2.24, 2.45) is 10.8 Å². The molecule has 1 spiro atoms. The van der Waals surface area contributed by atoms with Crippen LogP contribution in [0.5, 0.6) is 0 Å². The molecule has 8 atom stereocenters. The zero-order valence-electron chi connectivity index (χ0n) is 15.6. The van der Waals surface area contributed by atoms with E-state index < -0.39 is 40.7 Å². The van der Waals surface area contributed by atoms with Gasteiger partial charge in [0.05, 0.1) is 12.7 Å². The lowest BCUT2D eigenvalue weighted by molar-refractivity contribution is -0.288. The van der Waals surface area contributed by atoms with Gasteiger partial charge in [0, 0.05) is 17.8 Å². The van der Waals surface area contributed by atoms with Crippen molar-refractivity contribution in [3.05, 3.63) is 11.6 Å². The highest BCUT2D eigenvalue weighted by atomic mass is 16.8. The van der Waals surface area contributed by atoms with E-state index in [9.17, 15) is 9.90 Å². The molecule has 1 N–H and O–H groups in total. The second-order valence-electron chi connectivity index (χ2n) is 8.72. The van der Waals surface area contributed by atoms with E-state index >= 15 is 0 Å². The molecule has 3 heterocycles. The van der Waals surface area contributed by atoms with Crippen LogP contribution in [0.1, 0.15) is 40.5 Å². The van der Waals surface area contributed by atoms with E-state index in [0.29, 0.717) is 6.61 Å². The predicted octanol–water partition coefficient (Wildman–Crippen LogP) is 1.28. The lowest BCUT2D eigenvalue weighted by Crippen LogP contribution is -2.67. The second-order valence-corrected chi connectivity index (χ2v) is 8.72. The summed E-state index contributed by atoms with van der Waals surface area (Å²) in [6.07, 6.45) is 1.68. The molecule has 0 amide bonds. The maximum Gasteiger partial charge on any atom is 0.302 e. The van der Waals surface area contributed by atoms with E-state index in [2.05, 4.69) is 19.9 Å². The Balaban J connectivity index is 1.69. The van der Waals surface area contributed by atoms with E-state index in [1.54, 1.807) is 6.92 Å². The van der Waals surface area contributed by atoms with Gasteiger partial charge in [-0.25, -0.2) is 0 Å². The first kappa shape index (κ1) is 17.1. The Morgan fingerprint density at radius 3 is 2.77 bits per heavy atom. The molecule has 144 valence electrons. The molecular formula is C19H26O7. The van der Waals surface area contributed by atoms with Crippen LogP contribution in [0.3, 0.4) is 0 Å². The topological polar surface area (TPSA) is 86.8 Å². The van der Waals surface area contributed by atoms with Crippen molar-refractivity contribution in [3.8, 4) is 0 Å². The molecule has 0 radical (unpaired) electrons. The Hall–Kier alpha value is -0.990. The summed E-state index contributed by atoms with van der Waals surface area (Å²) >= 11 is 0. The first-order chi connectivity index (χ1) is 12.2. The Kier molecular flexibility index (Phi) is 3.22. The monoisotopic (exact) mass is 366 g/mol. The Labute approximate surface area is 152 Å². The highest BCUT2D eigenvalue weighted by molar-refractivity contribution is 5.66. The number of carbonyl (C=O) groups excluding carboxylic acids is 1. The van der Waals surface area contributed by atoms with Crippen molar-refractivity contribution in [3.63, 3.8) is 0 Å². The summed E-state index contributed by atoms with van der Waals surface area (Å²) in [6.45, 7) is 8.03. The molecule has 1 saturated carbocycles. The van der Waals surface area contributed by atoms with Crippen LogP contribution >= 0.6 is 0 Å². The van der Waals surface area contributed by atoms with Crippen LogP contribution in [0.15, 0.2) is 11.6 Å². The van der Waals surface area contributed by atoms with Gasteiger partial charge in [0.2, 0.25) is 5.79 Å². The van der Waals surface area contributed by atoms with Crippen LogP contribution in [0.4, 0.5) is 0 Å². The molecule has 3 saturated heterocycles. The number of rotatable bonds is 2. The van der Waals surface area contributed by atoms with Gasteiger partial charge in [0.15, 0.2) is 6.29 Å². The van der Waals surface area contributed by atoms with Crippen molar-refractivity contribution in [2.45, 2.75) is 76.5 Å². The van der Waals surface area contributed by atoms with Crippen LogP contribution in [0.2, 0.25) is 0 Å². The summed E-state index contributed by atoms with van der Waals surface area (Å²) in [7, 11) is 0. The lowest BCUT2D eigenvalue weighted by atomic mass is 9.51. The average molecular weight is 366 g/mol. The van der Waals surface area contributed by atoms with Crippen LogP contribution in [0, 0.1) is 10.8 Å². The van der Waals surface area contributed by atoms with Gasteiger partial charge in [-0.2, -0.15) is 0 Å². The summed E-state index contributed by atoms with van der Waals surface area (Å²) in [6, 6.07) is 0. The minimum Gasteiger partial charge on any atom is -0.465 e. The van der Waals surface area contributed by atoms with Gasteiger partial charge in [-0.1, -0.05) is 18.6 Å². The predicted molar refractivity (Wildman–Crippen MR) is 87.9 cm³/mol. The Morgan fingerprint density at radius 2 is 2.12 bits per heavy atom. The number of hydrogen-bond acceptors (Lipinski definition) is 7. The molecule has 0 aromatic heterocycles. The highest BCUT2D eigenvalue weighted by Crippen LogP contribution is 2.75. The quantitative estimate of drug-likeness (QED) is 0.447. The second kappa shape index (κ2) is 4.89. The highest BCUT2D eigenvalue weighted by Gasteiger charge is 2.91. The summed E-state index contributed by atoms with van der Waals surface area (Å²) in [5.41, 5.74) is -0.605. The Bertz CT molecular complexity index is 700. The van der Waals surface area contributed by atoms with Crippen LogP contribution in [0.25, 0.3) is 0 Å². The normalized spacial score (nSPS) is 56.7. The molecule has 7 nitrogen and oxygen atoms in total. The van der Waals surface area contributed by atoms with E-state index in [4.69, 9.17) is 23.7 Å². The molecule has 2 aliphatic carbocycles. The molecule has 2 unspecified atom stereocenters. The van der Waals surface area contributed by atoms with E-state index in [1.807, 2.05) is 0 Å². The van der Waals surface area contributed by atoms with Crippen molar-refractivity contribution >= 4 is 5.97 Å². The standard InChI is InChI=1S/C19H26O7/c1-10-5-6-17(8-22-11(2)20)13(7-10)25-15-18(9-23-18)16(17,4)14-19(15,21)26-12(3)24-14/h7,12-15,21H,5-6,8-9H2,1-4H3/t12-,13+,14-,15-,16?,17+,18?,19-/m0/s1. The average Bonchev–Trinajstić information content (AvgIpc) is 3.28. The third-order valence-corrected chi connectivity index (χ3v) is 7.51. The summed E-state index contributed by atoms with van der Waals surface area (Å²) in [5, 5.41) is 11.4. The van der Waals surface area contributed by atoms with E-state index in [1.165, 1.54) is 12.5 Å². The fourth-order valence-corrected chi connectivity index (χ4v) is 6.11. The maximum absolute atomic E-state index is 11.6. The number of carbonyl (C=O) groups is 1. The van der Waals surface area contributed by atoms with E-state index in [0.717, 1.165) is 12.8 Å². The first-order valence-corrected chi connectivity index (χ1v) is 9.35. The molecule has 3 aliphatic heterocycles. The van der Waals surface area contributed by atoms with Gasteiger partial charge in [-0.15, -0.1) is 0 Å². The lowest BCUT2D eigenvalue weighted by Gasteiger charge is -2.58. The van der Waals surface area contributed by atoms with Gasteiger partial charge < -0.3 is 28.8 Å². The number of ether oxygens (including phenoxy) is 5. The third kappa shape index (κ3) is 1.70. The molecule has 26 heavy (non-hydrogen) atoms. The number of esters is 1. The van der Waals surface area contributed by atoms with Crippen LogP contribution in [-0.2, 0) is 28.5 Å². The van der Waals surface area contributed by atoms with Gasteiger partial charge in [-0.3, -0.25) is 4.79 Å². The largest absolute Gasteiger partial charge is 0.465 e. The Morgan fingerprint density at radius 1 is 1.38 bits per heavy atom. The first-order valence-electron chi connectivity index (χ1n) is 9.35. The SMILES string of the molecule is CC(=O)OC[C@]12CCC(C)=C[C@H]1O[C@H]1C3(CO3)C2(C)[C@@H]2O[C@H](C)O[C@]12O. The molecule has 7 heteroatoms. The number of allylic oxidation sites excluding steroid dienone is 1. The van der Waals surface area contributed by atoms with Crippen molar-refractivity contribution in [2.75, 3.05) is 13.2 Å². The molecule has 4 fully saturated rings. The molecule has 2 bridgehead atoms. The zero-order valence-corrected chi connectivity index (χ0v) is 15.6. The molecular weight excluding hydrogens is 340 g/mol. The fourth-order valence-electron chi connectivity index (χ4n) is 6.11. The fraction of sp³-hybridized carbons (Fsp3) is 0.842. The number of fused-ring (bicyclic) bond motifs is 5. The van der Waals surface area contributed by atoms with E-state index in [-0.39, 0.29) is 18.7 Å². The van der Waals surface area contributed by atoms with Crippen LogP contribution in [-0.4, -0.2) is 60.3 Å². The molecule has 5 rings (SSSR count). The minimum atomic E-state index is -1.56. The summed E-state index contributed by atoms with van der Waals surface area (Å²) in [5.74, 6) is -1.89. The number of epoxide rings is 1.